The lowest BCUT2D eigenvalue weighted by Gasteiger charge is -2.33. The molecule has 4 nitrogen and oxygen atoms in total. The highest BCUT2D eigenvalue weighted by Gasteiger charge is 2.36. The minimum atomic E-state index is -4.43. The molecule has 0 unspecified atom stereocenters. The van der Waals surface area contributed by atoms with Gasteiger partial charge in [-0.2, -0.15) is 13.2 Å². The van der Waals surface area contributed by atoms with Gasteiger partial charge in [-0.3, -0.25) is 4.79 Å². The maximum atomic E-state index is 12.9. The first-order valence-electron chi connectivity index (χ1n) is 6.37. The van der Waals surface area contributed by atoms with Gasteiger partial charge in [-0.25, -0.2) is 4.98 Å². The Balaban J connectivity index is 2.09. The Morgan fingerprint density at radius 2 is 2.05 bits per heavy atom. The van der Waals surface area contributed by atoms with E-state index in [1.807, 2.05) is 0 Å². The number of alkyl halides is 3. The summed E-state index contributed by atoms with van der Waals surface area (Å²) in [6, 6.07) is 2.29. The lowest BCUT2D eigenvalue weighted by molar-refractivity contribution is -0.138. The van der Waals surface area contributed by atoms with Gasteiger partial charge in [0.15, 0.2) is 0 Å². The summed E-state index contributed by atoms with van der Waals surface area (Å²) in [6.07, 6.45) is -1.88. The Kier molecular flexibility index (Phi) is 4.15. The molecule has 1 N–H and O–H groups in total. The van der Waals surface area contributed by atoms with E-state index >= 15 is 0 Å². The third kappa shape index (κ3) is 3.40. The van der Waals surface area contributed by atoms with Crippen LogP contribution in [0, 0.1) is 5.92 Å². The first-order valence-corrected chi connectivity index (χ1v) is 6.37. The molecular weight excluding hydrogens is 273 g/mol. The molecule has 1 aliphatic rings. The van der Waals surface area contributed by atoms with Crippen molar-refractivity contribution in [1.29, 1.82) is 0 Å². The lowest BCUT2D eigenvalue weighted by Crippen LogP contribution is -2.36. The van der Waals surface area contributed by atoms with E-state index in [2.05, 4.69) is 4.98 Å². The maximum Gasteiger partial charge on any atom is 0.419 e. The second-order valence-electron chi connectivity index (χ2n) is 4.90. The number of piperidine rings is 1. The number of rotatable bonds is 3. The third-order valence-corrected chi connectivity index (χ3v) is 3.47. The van der Waals surface area contributed by atoms with Crippen molar-refractivity contribution in [2.75, 3.05) is 18.0 Å². The highest BCUT2D eigenvalue weighted by Crippen LogP contribution is 2.36. The molecule has 0 aromatic carbocycles. The van der Waals surface area contributed by atoms with Gasteiger partial charge in [0.2, 0.25) is 0 Å². The fourth-order valence-electron chi connectivity index (χ4n) is 2.47. The zero-order valence-corrected chi connectivity index (χ0v) is 10.7. The molecule has 1 aliphatic heterocycles. The number of halogens is 3. The van der Waals surface area contributed by atoms with Crippen LogP contribution >= 0.6 is 0 Å². The molecule has 7 heteroatoms. The Hall–Kier alpha value is -1.79. The fourth-order valence-corrected chi connectivity index (χ4v) is 2.47. The smallest absolute Gasteiger partial charge is 0.419 e. The van der Waals surface area contributed by atoms with Crippen molar-refractivity contribution in [1.82, 2.24) is 4.98 Å². The second-order valence-corrected chi connectivity index (χ2v) is 4.90. The summed E-state index contributed by atoms with van der Waals surface area (Å²) in [5, 5.41) is 8.72. The molecule has 1 aromatic rings. The number of carbonyl (C=O) groups is 1. The van der Waals surface area contributed by atoms with Crippen molar-refractivity contribution < 1.29 is 23.1 Å². The number of carboxylic acid groups (broad SMARTS) is 1. The van der Waals surface area contributed by atoms with E-state index in [0.717, 1.165) is 6.07 Å². The molecule has 1 saturated heterocycles. The van der Waals surface area contributed by atoms with Gasteiger partial charge < -0.3 is 10.0 Å². The normalized spacial score (nSPS) is 17.2. The molecule has 0 saturated carbocycles. The first kappa shape index (κ1) is 14.6. The second kappa shape index (κ2) is 5.68. The Bertz CT molecular complexity index is 483. The summed E-state index contributed by atoms with van der Waals surface area (Å²) in [6.45, 7) is 0.802. The van der Waals surface area contributed by atoms with Gasteiger partial charge in [0.05, 0.1) is 5.56 Å². The number of anilines is 1. The number of aliphatic carboxylic acids is 1. The van der Waals surface area contributed by atoms with Crippen LogP contribution in [-0.2, 0) is 11.0 Å². The van der Waals surface area contributed by atoms with Crippen molar-refractivity contribution >= 4 is 11.8 Å². The highest BCUT2D eigenvalue weighted by atomic mass is 19.4. The van der Waals surface area contributed by atoms with Crippen LogP contribution in [0.5, 0.6) is 0 Å². The van der Waals surface area contributed by atoms with Crippen molar-refractivity contribution in [3.05, 3.63) is 23.9 Å². The quantitative estimate of drug-likeness (QED) is 0.929. The van der Waals surface area contributed by atoms with E-state index in [9.17, 15) is 18.0 Å². The van der Waals surface area contributed by atoms with Crippen molar-refractivity contribution in [3.8, 4) is 0 Å². The van der Waals surface area contributed by atoms with Crippen molar-refractivity contribution in [2.45, 2.75) is 25.4 Å². The van der Waals surface area contributed by atoms with Gasteiger partial charge in [-0.1, -0.05) is 0 Å². The largest absolute Gasteiger partial charge is 0.481 e. The van der Waals surface area contributed by atoms with Gasteiger partial charge in [-0.05, 0) is 30.9 Å². The molecule has 0 amide bonds. The van der Waals surface area contributed by atoms with E-state index < -0.39 is 17.7 Å². The number of hydrogen-bond acceptors (Lipinski definition) is 3. The molecule has 20 heavy (non-hydrogen) atoms. The van der Waals surface area contributed by atoms with Gasteiger partial charge in [0.1, 0.15) is 5.82 Å². The first-order chi connectivity index (χ1) is 9.38. The summed E-state index contributed by atoms with van der Waals surface area (Å²) < 4.78 is 38.7. The van der Waals surface area contributed by atoms with Crippen LogP contribution in [0.25, 0.3) is 0 Å². The van der Waals surface area contributed by atoms with Crippen LogP contribution in [0.4, 0.5) is 19.0 Å². The van der Waals surface area contributed by atoms with Crippen LogP contribution in [0.15, 0.2) is 18.3 Å². The zero-order chi connectivity index (χ0) is 14.8. The number of carboxylic acids is 1. The number of nitrogens with zero attached hydrogens (tertiary/aromatic N) is 2. The fraction of sp³-hybridized carbons (Fsp3) is 0.538. The van der Waals surface area contributed by atoms with Crippen LogP contribution in [-0.4, -0.2) is 29.1 Å². The summed E-state index contributed by atoms with van der Waals surface area (Å²) in [5.41, 5.74) is -0.739. The lowest BCUT2D eigenvalue weighted by atomic mass is 9.93. The maximum absolute atomic E-state index is 12.9. The number of pyridine rings is 1. The average molecular weight is 288 g/mol. The van der Waals surface area contributed by atoms with Crippen molar-refractivity contribution in [3.63, 3.8) is 0 Å². The molecule has 110 valence electrons. The predicted octanol–water partition coefficient (Wildman–Crippen LogP) is 2.79. The van der Waals surface area contributed by atoms with Gasteiger partial charge >= 0.3 is 12.1 Å². The van der Waals surface area contributed by atoms with E-state index in [1.54, 1.807) is 4.90 Å². The van der Waals surface area contributed by atoms with E-state index in [-0.39, 0.29) is 18.2 Å². The minimum absolute atomic E-state index is 0.0294. The van der Waals surface area contributed by atoms with Crippen LogP contribution in [0.3, 0.4) is 0 Å². The molecule has 0 spiro atoms. The molecule has 0 bridgehead atoms. The van der Waals surface area contributed by atoms with E-state index in [4.69, 9.17) is 5.11 Å². The summed E-state index contributed by atoms with van der Waals surface area (Å²) in [7, 11) is 0. The molecule has 2 heterocycles. The number of aromatic nitrogens is 1. The summed E-state index contributed by atoms with van der Waals surface area (Å²) in [4.78, 5) is 16.1. The van der Waals surface area contributed by atoms with Gasteiger partial charge in [0.25, 0.3) is 0 Å². The van der Waals surface area contributed by atoms with Gasteiger partial charge in [-0.15, -0.1) is 0 Å². The van der Waals surface area contributed by atoms with Crippen LogP contribution in [0.1, 0.15) is 24.8 Å². The molecule has 1 aromatic heterocycles. The molecule has 0 aliphatic carbocycles. The minimum Gasteiger partial charge on any atom is -0.481 e. The Labute approximate surface area is 114 Å². The molecule has 2 rings (SSSR count). The topological polar surface area (TPSA) is 53.4 Å². The standard InChI is InChI=1S/C13H15F3N2O2/c14-13(15,16)10-2-1-5-17-12(10)18-6-3-9(4-7-18)8-11(19)20/h1-2,5,9H,3-4,6-8H2,(H,19,20). The van der Waals surface area contributed by atoms with Gasteiger partial charge in [0, 0.05) is 25.7 Å². The summed E-state index contributed by atoms with van der Waals surface area (Å²) in [5.74, 6) is -0.896. The predicted molar refractivity (Wildman–Crippen MR) is 66.4 cm³/mol. The number of hydrogen-bond donors (Lipinski definition) is 1. The average Bonchev–Trinajstić information content (AvgIpc) is 2.38. The Morgan fingerprint density at radius 3 is 2.60 bits per heavy atom. The molecular formula is C13H15F3N2O2. The zero-order valence-electron chi connectivity index (χ0n) is 10.7. The Morgan fingerprint density at radius 1 is 1.40 bits per heavy atom. The summed E-state index contributed by atoms with van der Waals surface area (Å²) >= 11 is 0. The van der Waals surface area contributed by atoms with Crippen LogP contribution < -0.4 is 4.90 Å². The monoisotopic (exact) mass is 288 g/mol. The SMILES string of the molecule is O=C(O)CC1CCN(c2ncccc2C(F)(F)F)CC1. The van der Waals surface area contributed by atoms with Crippen molar-refractivity contribution in [2.24, 2.45) is 5.92 Å². The van der Waals surface area contributed by atoms with E-state index in [1.165, 1.54) is 12.3 Å². The van der Waals surface area contributed by atoms with E-state index in [0.29, 0.717) is 25.9 Å². The third-order valence-electron chi connectivity index (χ3n) is 3.47. The molecule has 0 atom stereocenters. The van der Waals surface area contributed by atoms with Crippen LogP contribution in [0.2, 0.25) is 0 Å². The highest BCUT2D eigenvalue weighted by molar-refractivity contribution is 5.67. The molecule has 1 fully saturated rings. The molecule has 0 radical (unpaired) electrons.